The van der Waals surface area contributed by atoms with Crippen LogP contribution in [0.15, 0.2) is 59.5 Å². The highest BCUT2D eigenvalue weighted by Gasteiger charge is 2.39. The molecule has 2 aromatic rings. The molecule has 1 unspecified atom stereocenters. The molecular formula is C24H25F2N3O3. The van der Waals surface area contributed by atoms with Crippen LogP contribution in [0.3, 0.4) is 0 Å². The number of hydrogen-bond donors (Lipinski definition) is 1. The summed E-state index contributed by atoms with van der Waals surface area (Å²) in [6.07, 6.45) is 8.43. The number of rotatable bonds is 5. The Bertz CT molecular complexity index is 1100. The van der Waals surface area contributed by atoms with Crippen LogP contribution in [0.25, 0.3) is 0 Å². The summed E-state index contributed by atoms with van der Waals surface area (Å²) in [6, 6.07) is 3.75. The van der Waals surface area contributed by atoms with E-state index in [0.717, 1.165) is 31.7 Å². The summed E-state index contributed by atoms with van der Waals surface area (Å²) in [5, 5.41) is 3.05. The van der Waals surface area contributed by atoms with Crippen LogP contribution in [0.1, 0.15) is 55.8 Å². The number of allylic oxidation sites excluding steroid dienone is 3. The first-order valence-corrected chi connectivity index (χ1v) is 10.7. The van der Waals surface area contributed by atoms with E-state index in [2.05, 4.69) is 10.3 Å². The van der Waals surface area contributed by atoms with Gasteiger partial charge >= 0.3 is 5.97 Å². The molecule has 0 amide bonds. The molecule has 1 N–H and O–H groups in total. The van der Waals surface area contributed by atoms with Crippen molar-refractivity contribution in [3.63, 3.8) is 0 Å². The van der Waals surface area contributed by atoms with Crippen LogP contribution < -0.4 is 5.32 Å². The van der Waals surface area contributed by atoms with Crippen LogP contribution >= 0.6 is 0 Å². The number of imidazole rings is 1. The molecule has 1 saturated carbocycles. The predicted molar refractivity (Wildman–Crippen MR) is 113 cm³/mol. The van der Waals surface area contributed by atoms with E-state index in [1.807, 2.05) is 0 Å². The summed E-state index contributed by atoms with van der Waals surface area (Å²) in [7, 11) is 0. The third-order valence-corrected chi connectivity index (χ3v) is 6.17. The van der Waals surface area contributed by atoms with Crippen molar-refractivity contribution in [3.8, 4) is 0 Å². The molecule has 168 valence electrons. The molecule has 1 aliphatic carbocycles. The minimum atomic E-state index is -1.13. The lowest BCUT2D eigenvalue weighted by atomic mass is 9.79. The Morgan fingerprint density at radius 2 is 1.88 bits per heavy atom. The molecule has 0 bridgehead atoms. The number of halogens is 2. The fraction of sp³-hybridized carbons (Fsp3) is 0.375. The van der Waals surface area contributed by atoms with Gasteiger partial charge in [-0.3, -0.25) is 9.36 Å². The molecule has 0 saturated heterocycles. The van der Waals surface area contributed by atoms with E-state index in [1.165, 1.54) is 35.4 Å². The number of benzene rings is 1. The number of nitrogens with one attached hydrogen (secondary N) is 1. The molecule has 1 aromatic heterocycles. The minimum absolute atomic E-state index is 0.0959. The lowest BCUT2D eigenvalue weighted by molar-refractivity contribution is -0.140. The van der Waals surface area contributed by atoms with Gasteiger partial charge in [0.25, 0.3) is 5.91 Å². The second-order valence-corrected chi connectivity index (χ2v) is 8.30. The van der Waals surface area contributed by atoms with E-state index in [4.69, 9.17) is 4.74 Å². The number of hydrogen-bond acceptors (Lipinski definition) is 5. The van der Waals surface area contributed by atoms with Gasteiger partial charge in [-0.05, 0) is 38.7 Å². The average Bonchev–Trinajstić information content (AvgIpc) is 3.47. The first-order chi connectivity index (χ1) is 15.4. The lowest BCUT2D eigenvalue weighted by Crippen LogP contribution is -2.34. The fourth-order valence-electron chi connectivity index (χ4n) is 4.57. The Labute approximate surface area is 185 Å². The summed E-state index contributed by atoms with van der Waals surface area (Å²) in [4.78, 5) is 30.4. The maximum absolute atomic E-state index is 15.0. The third-order valence-electron chi connectivity index (χ3n) is 6.17. The van der Waals surface area contributed by atoms with Crippen molar-refractivity contribution in [1.82, 2.24) is 14.9 Å². The summed E-state index contributed by atoms with van der Waals surface area (Å²) < 4.78 is 36.0. The molecule has 1 aromatic carbocycles. The highest BCUT2D eigenvalue weighted by atomic mass is 19.2. The van der Waals surface area contributed by atoms with Gasteiger partial charge in [0.1, 0.15) is 6.33 Å². The molecule has 0 radical (unpaired) electrons. The van der Waals surface area contributed by atoms with Crippen LogP contribution in [0.5, 0.6) is 0 Å². The van der Waals surface area contributed by atoms with Gasteiger partial charge in [-0.1, -0.05) is 25.0 Å². The Balaban J connectivity index is 1.78. The van der Waals surface area contributed by atoms with Gasteiger partial charge in [0.2, 0.25) is 0 Å². The number of carbonyl (C=O) groups is 2. The molecule has 32 heavy (non-hydrogen) atoms. The number of carbonyl (C=O) groups excluding carboxylic acids is 2. The normalized spacial score (nSPS) is 19.3. The molecule has 6 nitrogen and oxygen atoms in total. The van der Waals surface area contributed by atoms with Crippen LogP contribution in [0.4, 0.5) is 8.78 Å². The Hall–Kier alpha value is -3.29. The monoisotopic (exact) mass is 441 g/mol. The largest absolute Gasteiger partial charge is 0.462 e. The zero-order valence-corrected chi connectivity index (χ0v) is 18.0. The molecule has 1 atom stereocenters. The maximum Gasteiger partial charge on any atom is 0.336 e. The van der Waals surface area contributed by atoms with Gasteiger partial charge in [0, 0.05) is 34.9 Å². The summed E-state index contributed by atoms with van der Waals surface area (Å²) >= 11 is 0. The molecule has 2 aliphatic rings. The van der Waals surface area contributed by atoms with Gasteiger partial charge in [-0.25, -0.2) is 18.6 Å². The van der Waals surface area contributed by atoms with Gasteiger partial charge in [0.15, 0.2) is 11.6 Å². The molecule has 2 heterocycles. The van der Waals surface area contributed by atoms with Crippen molar-refractivity contribution in [2.75, 3.05) is 6.61 Å². The predicted octanol–water partition coefficient (Wildman–Crippen LogP) is 4.47. The van der Waals surface area contributed by atoms with E-state index in [0.29, 0.717) is 17.3 Å². The van der Waals surface area contributed by atoms with Crippen molar-refractivity contribution >= 4 is 11.9 Å². The summed E-state index contributed by atoms with van der Waals surface area (Å²) in [5.74, 6) is -4.11. The van der Waals surface area contributed by atoms with Gasteiger partial charge in [0.05, 0.1) is 18.1 Å². The van der Waals surface area contributed by atoms with E-state index in [1.54, 1.807) is 13.8 Å². The second kappa shape index (κ2) is 9.06. The Morgan fingerprint density at radius 1 is 1.16 bits per heavy atom. The van der Waals surface area contributed by atoms with Gasteiger partial charge < -0.3 is 10.1 Å². The quantitative estimate of drug-likeness (QED) is 0.693. The summed E-state index contributed by atoms with van der Waals surface area (Å²) in [5.41, 5.74) is 1.02. The van der Waals surface area contributed by atoms with Crippen molar-refractivity contribution in [1.29, 1.82) is 0 Å². The van der Waals surface area contributed by atoms with Gasteiger partial charge in [-0.15, -0.1) is 0 Å². The topological polar surface area (TPSA) is 73.2 Å². The van der Waals surface area contributed by atoms with E-state index < -0.39 is 29.4 Å². The Kier molecular flexibility index (Phi) is 6.21. The SMILES string of the molecule is CC1=C(C(=O)OCC2CCCC2)C(c2cccc(F)c2F)C(C(=O)n2ccnc2)=C(C)N1. The number of esters is 1. The minimum Gasteiger partial charge on any atom is -0.462 e. The molecule has 1 fully saturated rings. The van der Waals surface area contributed by atoms with Crippen molar-refractivity contribution < 1.29 is 23.1 Å². The van der Waals surface area contributed by atoms with E-state index >= 15 is 0 Å². The second-order valence-electron chi connectivity index (χ2n) is 8.30. The van der Waals surface area contributed by atoms with Crippen molar-refractivity contribution in [3.05, 3.63) is 76.7 Å². The fourth-order valence-corrected chi connectivity index (χ4v) is 4.57. The van der Waals surface area contributed by atoms with Crippen LogP contribution in [-0.2, 0) is 9.53 Å². The standard InChI is InChI=1S/C24H25F2N3O3/c1-14-19(23(30)29-11-10-27-13-29)21(17-8-5-9-18(25)22(17)26)20(15(2)28-14)24(31)32-12-16-6-3-4-7-16/h5,8-11,13,16,21,28H,3-4,6-7,12H2,1-2H3. The van der Waals surface area contributed by atoms with E-state index in [9.17, 15) is 18.4 Å². The third kappa shape index (κ3) is 4.09. The molecule has 4 rings (SSSR count). The number of nitrogens with zero attached hydrogens (tertiary/aromatic N) is 2. The zero-order chi connectivity index (χ0) is 22.8. The van der Waals surface area contributed by atoms with Crippen LogP contribution in [0, 0.1) is 17.6 Å². The number of aromatic nitrogens is 2. The lowest BCUT2D eigenvalue weighted by Gasteiger charge is -2.31. The van der Waals surface area contributed by atoms with E-state index in [-0.39, 0.29) is 23.3 Å². The number of ether oxygens (including phenoxy) is 1. The molecular weight excluding hydrogens is 416 g/mol. The molecule has 0 spiro atoms. The highest BCUT2D eigenvalue weighted by Crippen LogP contribution is 2.41. The average molecular weight is 441 g/mol. The molecule has 1 aliphatic heterocycles. The first-order valence-electron chi connectivity index (χ1n) is 10.7. The van der Waals surface area contributed by atoms with Crippen molar-refractivity contribution in [2.24, 2.45) is 5.92 Å². The highest BCUT2D eigenvalue weighted by molar-refractivity contribution is 6.03. The first kappa shape index (κ1) is 21.9. The van der Waals surface area contributed by atoms with Crippen molar-refractivity contribution in [2.45, 2.75) is 45.4 Å². The zero-order valence-electron chi connectivity index (χ0n) is 18.0. The molecule has 8 heteroatoms. The van der Waals surface area contributed by atoms with Crippen LogP contribution in [-0.4, -0.2) is 28.0 Å². The number of dihydropyridines is 1. The summed E-state index contributed by atoms with van der Waals surface area (Å²) in [6.45, 7) is 3.60. The maximum atomic E-state index is 15.0. The van der Waals surface area contributed by atoms with Gasteiger partial charge in [-0.2, -0.15) is 0 Å². The smallest absolute Gasteiger partial charge is 0.336 e. The Morgan fingerprint density at radius 3 is 2.56 bits per heavy atom. The van der Waals surface area contributed by atoms with Crippen LogP contribution in [0.2, 0.25) is 0 Å².